The molecule has 0 aromatic carbocycles. The number of carbonyl (C=O) groups is 2. The van der Waals surface area contributed by atoms with Gasteiger partial charge in [0.05, 0.1) is 0 Å². The Labute approximate surface area is 136 Å². The van der Waals surface area contributed by atoms with E-state index in [1.165, 1.54) is 0 Å². The molecule has 0 saturated heterocycles. The molecule has 0 aromatic heterocycles. The molecule has 0 rings (SSSR count). The minimum absolute atomic E-state index is 0.338. The van der Waals surface area contributed by atoms with Crippen LogP contribution < -0.4 is 0 Å². The molecule has 0 saturated carbocycles. The molecule has 0 fully saturated rings. The SMILES string of the molecule is C=C(C)C(=O)OCCS[Si](C)(C)SCCOC(=O)C(=C)C. The normalized spacial score (nSPS) is 10.9. The van der Waals surface area contributed by atoms with E-state index >= 15 is 0 Å². The molecular weight excluding hydrogens is 324 g/mol. The van der Waals surface area contributed by atoms with Crippen LogP contribution >= 0.6 is 22.4 Å². The van der Waals surface area contributed by atoms with Crippen molar-refractivity contribution < 1.29 is 19.1 Å². The first-order chi connectivity index (χ1) is 9.65. The number of hydrogen-bond acceptors (Lipinski definition) is 6. The van der Waals surface area contributed by atoms with Crippen LogP contribution in [0, 0.1) is 0 Å². The van der Waals surface area contributed by atoms with Gasteiger partial charge in [-0.25, -0.2) is 9.59 Å². The molecule has 0 aliphatic heterocycles. The van der Waals surface area contributed by atoms with Gasteiger partial charge in [0, 0.05) is 22.7 Å². The van der Waals surface area contributed by atoms with Gasteiger partial charge in [-0.15, -0.1) is 0 Å². The van der Waals surface area contributed by atoms with Gasteiger partial charge in [-0.05, 0) is 13.8 Å². The van der Waals surface area contributed by atoms with Crippen LogP contribution in [0.5, 0.6) is 0 Å². The van der Waals surface area contributed by atoms with Gasteiger partial charge in [-0.1, -0.05) is 26.3 Å². The van der Waals surface area contributed by atoms with Gasteiger partial charge in [0.2, 0.25) is 0 Å². The largest absolute Gasteiger partial charge is 0.461 e. The minimum Gasteiger partial charge on any atom is -0.461 e. The number of rotatable bonds is 10. The van der Waals surface area contributed by atoms with Gasteiger partial charge < -0.3 is 9.47 Å². The third kappa shape index (κ3) is 10.7. The van der Waals surface area contributed by atoms with Crippen molar-refractivity contribution in [3.8, 4) is 0 Å². The fourth-order valence-corrected chi connectivity index (χ4v) is 8.48. The van der Waals surface area contributed by atoms with Gasteiger partial charge in [0.1, 0.15) is 13.2 Å². The van der Waals surface area contributed by atoms with Gasteiger partial charge in [0.15, 0.2) is 6.37 Å². The Balaban J connectivity index is 3.78. The Bertz CT molecular complexity index is 372. The van der Waals surface area contributed by atoms with Crippen molar-refractivity contribution in [3.05, 3.63) is 24.3 Å². The molecule has 0 bridgehead atoms. The summed E-state index contributed by atoms with van der Waals surface area (Å²) < 4.78 is 10.1. The van der Waals surface area contributed by atoms with E-state index in [0.717, 1.165) is 11.5 Å². The summed E-state index contributed by atoms with van der Waals surface area (Å²) in [7, 11) is 0. The molecule has 0 aromatic rings. The second kappa shape index (κ2) is 10.1. The highest BCUT2D eigenvalue weighted by atomic mass is 32.6. The quantitative estimate of drug-likeness (QED) is 0.261. The van der Waals surface area contributed by atoms with E-state index in [9.17, 15) is 9.59 Å². The maximum Gasteiger partial charge on any atom is 0.333 e. The Hall–Kier alpha value is -0.663. The number of ether oxygens (including phenoxy) is 2. The summed E-state index contributed by atoms with van der Waals surface area (Å²) in [5.74, 6) is 0.872. The van der Waals surface area contributed by atoms with Crippen LogP contribution in [-0.2, 0) is 19.1 Å². The molecular formula is C14H24O4S2Si. The molecule has 0 aliphatic rings. The van der Waals surface area contributed by atoms with Crippen molar-refractivity contribution in [2.45, 2.75) is 26.9 Å². The smallest absolute Gasteiger partial charge is 0.333 e. The molecule has 21 heavy (non-hydrogen) atoms. The monoisotopic (exact) mass is 348 g/mol. The van der Waals surface area contributed by atoms with Crippen LogP contribution in [-0.4, -0.2) is 43.0 Å². The van der Waals surface area contributed by atoms with Gasteiger partial charge in [-0.2, -0.15) is 22.4 Å². The summed E-state index contributed by atoms with van der Waals surface area (Å²) in [6.07, 6.45) is -1.50. The zero-order valence-corrected chi connectivity index (χ0v) is 15.8. The van der Waals surface area contributed by atoms with E-state index in [0.29, 0.717) is 24.4 Å². The third-order valence-electron chi connectivity index (χ3n) is 2.23. The second-order valence-electron chi connectivity index (χ2n) is 4.93. The van der Waals surface area contributed by atoms with Gasteiger partial charge in [-0.3, -0.25) is 0 Å². The molecule has 0 amide bonds. The topological polar surface area (TPSA) is 52.6 Å². The first kappa shape index (κ1) is 20.3. The number of carbonyl (C=O) groups excluding carboxylic acids is 2. The maximum atomic E-state index is 11.2. The molecule has 0 radical (unpaired) electrons. The molecule has 0 unspecified atom stereocenters. The number of hydrogen-bond donors (Lipinski definition) is 0. The van der Waals surface area contributed by atoms with E-state index in [1.807, 2.05) is 22.4 Å². The van der Waals surface area contributed by atoms with Crippen LogP contribution in [0.3, 0.4) is 0 Å². The summed E-state index contributed by atoms with van der Waals surface area (Å²) in [5.41, 5.74) is 0.843. The van der Waals surface area contributed by atoms with E-state index < -0.39 is 6.37 Å². The Morgan fingerprint density at radius 2 is 1.24 bits per heavy atom. The van der Waals surface area contributed by atoms with E-state index in [1.54, 1.807) is 13.8 Å². The second-order valence-corrected chi connectivity index (χ2v) is 17.8. The molecule has 7 heteroatoms. The lowest BCUT2D eigenvalue weighted by atomic mass is 10.4. The minimum atomic E-state index is -1.50. The van der Waals surface area contributed by atoms with Crippen LogP contribution in [0.2, 0.25) is 13.1 Å². The number of esters is 2. The lowest BCUT2D eigenvalue weighted by Crippen LogP contribution is -2.21. The Kier molecular flexibility index (Phi) is 9.81. The molecule has 0 N–H and O–H groups in total. The lowest BCUT2D eigenvalue weighted by molar-refractivity contribution is -0.139. The summed E-state index contributed by atoms with van der Waals surface area (Å²) in [6.45, 7) is 15.6. The first-order valence-electron chi connectivity index (χ1n) is 6.59. The van der Waals surface area contributed by atoms with E-state index in [2.05, 4.69) is 26.3 Å². The molecule has 0 aliphatic carbocycles. The fraction of sp³-hybridized carbons (Fsp3) is 0.571. The van der Waals surface area contributed by atoms with Crippen molar-refractivity contribution in [1.82, 2.24) is 0 Å². The summed E-state index contributed by atoms with van der Waals surface area (Å²) >= 11 is 3.67. The standard InChI is InChI=1S/C14H24O4S2Si/c1-11(2)13(15)17-7-9-19-21(5,6)20-10-8-18-14(16)12(3)4/h1,3,7-10H2,2,4-6H3. The first-order valence-corrected chi connectivity index (χ1v) is 13.0. The predicted octanol–water partition coefficient (Wildman–Crippen LogP) is 3.39. The molecule has 0 spiro atoms. The van der Waals surface area contributed by atoms with Crippen molar-refractivity contribution in [2.24, 2.45) is 0 Å². The highest BCUT2D eigenvalue weighted by molar-refractivity contribution is 8.58. The lowest BCUT2D eigenvalue weighted by Gasteiger charge is -2.20. The molecule has 0 atom stereocenters. The summed E-state index contributed by atoms with van der Waals surface area (Å²) in [5, 5.41) is 0. The van der Waals surface area contributed by atoms with E-state index in [-0.39, 0.29) is 11.9 Å². The molecule has 120 valence electrons. The van der Waals surface area contributed by atoms with Crippen LogP contribution in [0.1, 0.15) is 13.8 Å². The molecule has 0 heterocycles. The third-order valence-corrected chi connectivity index (χ3v) is 11.9. The Morgan fingerprint density at radius 1 is 0.905 bits per heavy atom. The van der Waals surface area contributed by atoms with E-state index in [4.69, 9.17) is 9.47 Å². The average molecular weight is 349 g/mol. The Morgan fingerprint density at radius 3 is 1.52 bits per heavy atom. The van der Waals surface area contributed by atoms with Crippen LogP contribution in [0.15, 0.2) is 24.3 Å². The zero-order valence-electron chi connectivity index (χ0n) is 13.2. The fourth-order valence-electron chi connectivity index (χ4n) is 1.13. The zero-order chi connectivity index (χ0) is 16.5. The summed E-state index contributed by atoms with van der Waals surface area (Å²) in [6, 6.07) is 0. The van der Waals surface area contributed by atoms with Gasteiger partial charge >= 0.3 is 11.9 Å². The molecule has 4 nitrogen and oxygen atoms in total. The van der Waals surface area contributed by atoms with Crippen LogP contribution in [0.4, 0.5) is 0 Å². The highest BCUT2D eigenvalue weighted by Crippen LogP contribution is 2.31. The van der Waals surface area contributed by atoms with Gasteiger partial charge in [0.25, 0.3) is 0 Å². The van der Waals surface area contributed by atoms with Crippen molar-refractivity contribution >= 4 is 40.7 Å². The highest BCUT2D eigenvalue weighted by Gasteiger charge is 2.22. The summed E-state index contributed by atoms with van der Waals surface area (Å²) in [4.78, 5) is 22.4. The maximum absolute atomic E-state index is 11.2. The van der Waals surface area contributed by atoms with Crippen molar-refractivity contribution in [1.29, 1.82) is 0 Å². The predicted molar refractivity (Wildman–Crippen MR) is 93.9 cm³/mol. The van der Waals surface area contributed by atoms with Crippen molar-refractivity contribution in [3.63, 3.8) is 0 Å². The van der Waals surface area contributed by atoms with Crippen LogP contribution in [0.25, 0.3) is 0 Å². The average Bonchev–Trinajstić information content (AvgIpc) is 2.38. The van der Waals surface area contributed by atoms with Crippen molar-refractivity contribution in [2.75, 3.05) is 24.7 Å².